The summed E-state index contributed by atoms with van der Waals surface area (Å²) in [6, 6.07) is 6.38. The van der Waals surface area contributed by atoms with Gasteiger partial charge in [-0.2, -0.15) is 0 Å². The second-order valence-electron chi connectivity index (χ2n) is 5.21. The highest BCUT2D eigenvalue weighted by atomic mass is 32.1. The third-order valence-corrected chi connectivity index (χ3v) is 4.50. The molecule has 0 saturated heterocycles. The Kier molecular flexibility index (Phi) is 5.63. The molecule has 0 fully saturated rings. The predicted octanol–water partition coefficient (Wildman–Crippen LogP) is 3.63. The van der Waals surface area contributed by atoms with Crippen LogP contribution in [0.4, 0.5) is 4.39 Å². The van der Waals surface area contributed by atoms with E-state index in [1.54, 1.807) is 12.1 Å². The normalized spacial score (nSPS) is 12.5. The molecule has 1 aromatic carbocycles. The molecule has 1 heterocycles. The number of nitrogens with zero attached hydrogens (tertiary/aromatic N) is 2. The Morgan fingerprint density at radius 1 is 1.41 bits per heavy atom. The predicted molar refractivity (Wildman–Crippen MR) is 85.3 cm³/mol. The number of thiazole rings is 1. The van der Waals surface area contributed by atoms with Gasteiger partial charge in [0.1, 0.15) is 10.8 Å². The van der Waals surface area contributed by atoms with Gasteiger partial charge >= 0.3 is 5.97 Å². The first-order chi connectivity index (χ1) is 10.5. The summed E-state index contributed by atoms with van der Waals surface area (Å²) in [7, 11) is 0. The van der Waals surface area contributed by atoms with E-state index in [9.17, 15) is 9.18 Å². The molecule has 1 atom stereocenters. The Morgan fingerprint density at radius 3 is 2.68 bits per heavy atom. The Bertz CT molecular complexity index is 627. The lowest BCUT2D eigenvalue weighted by atomic mass is 10.2. The topological polar surface area (TPSA) is 53.4 Å². The fourth-order valence-corrected chi connectivity index (χ4v) is 2.93. The summed E-state index contributed by atoms with van der Waals surface area (Å²) >= 11 is 1.48. The van der Waals surface area contributed by atoms with Crippen molar-refractivity contribution in [2.45, 2.75) is 32.9 Å². The minimum atomic E-state index is -0.839. The number of aliphatic carboxylic acids is 1. The lowest BCUT2D eigenvalue weighted by Gasteiger charge is -2.25. The van der Waals surface area contributed by atoms with Gasteiger partial charge in [0.15, 0.2) is 0 Å². The minimum absolute atomic E-state index is 0.00157. The molecule has 22 heavy (non-hydrogen) atoms. The molecule has 0 radical (unpaired) electrons. The van der Waals surface area contributed by atoms with E-state index in [0.29, 0.717) is 6.54 Å². The van der Waals surface area contributed by atoms with Crippen LogP contribution in [0.1, 0.15) is 26.0 Å². The van der Waals surface area contributed by atoms with Crippen molar-refractivity contribution in [1.82, 2.24) is 9.88 Å². The van der Waals surface area contributed by atoms with E-state index in [1.807, 2.05) is 24.1 Å². The van der Waals surface area contributed by atoms with E-state index in [1.165, 1.54) is 23.5 Å². The number of rotatable bonds is 7. The Labute approximate surface area is 133 Å². The molecule has 6 heteroatoms. The molecular formula is C16H19FN2O2S. The summed E-state index contributed by atoms with van der Waals surface area (Å²) in [6.07, 6.45) is 0.877. The molecule has 0 amide bonds. The maximum Gasteiger partial charge on any atom is 0.317 e. The zero-order chi connectivity index (χ0) is 16.1. The van der Waals surface area contributed by atoms with Crippen molar-refractivity contribution < 1.29 is 14.3 Å². The van der Waals surface area contributed by atoms with Crippen molar-refractivity contribution in [3.05, 3.63) is 41.2 Å². The summed E-state index contributed by atoms with van der Waals surface area (Å²) in [5, 5.41) is 11.8. The lowest BCUT2D eigenvalue weighted by molar-refractivity contribution is -0.139. The fourth-order valence-electron chi connectivity index (χ4n) is 2.11. The number of carbonyl (C=O) groups is 1. The Hall–Kier alpha value is -1.79. The monoisotopic (exact) mass is 322 g/mol. The van der Waals surface area contributed by atoms with Crippen LogP contribution in [-0.2, 0) is 11.3 Å². The number of hydrogen-bond donors (Lipinski definition) is 1. The van der Waals surface area contributed by atoms with Gasteiger partial charge in [0.25, 0.3) is 0 Å². The van der Waals surface area contributed by atoms with Gasteiger partial charge in [-0.3, -0.25) is 9.69 Å². The fraction of sp³-hybridized carbons (Fsp3) is 0.375. The maximum absolute atomic E-state index is 12.9. The van der Waals surface area contributed by atoms with Crippen molar-refractivity contribution in [3.8, 4) is 10.6 Å². The average molecular weight is 322 g/mol. The summed E-state index contributed by atoms with van der Waals surface area (Å²) in [5.41, 5.74) is 1.71. The van der Waals surface area contributed by atoms with Crippen molar-refractivity contribution in [3.63, 3.8) is 0 Å². The molecule has 1 aromatic heterocycles. The van der Waals surface area contributed by atoms with Crippen LogP contribution < -0.4 is 0 Å². The second-order valence-corrected chi connectivity index (χ2v) is 6.06. The summed E-state index contributed by atoms with van der Waals surface area (Å²) < 4.78 is 12.9. The van der Waals surface area contributed by atoms with Gasteiger partial charge < -0.3 is 5.11 Å². The molecule has 0 unspecified atom stereocenters. The van der Waals surface area contributed by atoms with Gasteiger partial charge in [-0.25, -0.2) is 9.37 Å². The first-order valence-corrected chi connectivity index (χ1v) is 8.03. The summed E-state index contributed by atoms with van der Waals surface area (Å²) in [4.78, 5) is 17.4. The van der Waals surface area contributed by atoms with E-state index in [0.717, 1.165) is 22.7 Å². The molecule has 0 aliphatic carbocycles. The highest BCUT2D eigenvalue weighted by molar-refractivity contribution is 7.13. The Balaban J connectivity index is 2.12. The van der Waals surface area contributed by atoms with Gasteiger partial charge in [0.2, 0.25) is 0 Å². The van der Waals surface area contributed by atoms with Crippen LogP contribution in [0, 0.1) is 5.82 Å². The summed E-state index contributed by atoms with van der Waals surface area (Å²) in [5.74, 6) is -1.11. The average Bonchev–Trinajstić information content (AvgIpc) is 2.94. The van der Waals surface area contributed by atoms with Crippen LogP contribution in [0.5, 0.6) is 0 Å². The summed E-state index contributed by atoms with van der Waals surface area (Å²) in [6.45, 7) is 4.54. The van der Waals surface area contributed by atoms with E-state index in [2.05, 4.69) is 4.98 Å². The van der Waals surface area contributed by atoms with Crippen molar-refractivity contribution in [2.24, 2.45) is 0 Å². The highest BCUT2D eigenvalue weighted by Gasteiger charge is 2.17. The zero-order valence-corrected chi connectivity index (χ0v) is 13.4. The quantitative estimate of drug-likeness (QED) is 0.845. The van der Waals surface area contributed by atoms with E-state index in [-0.39, 0.29) is 18.4 Å². The van der Waals surface area contributed by atoms with Gasteiger partial charge in [0, 0.05) is 23.5 Å². The lowest BCUT2D eigenvalue weighted by Crippen LogP contribution is -2.36. The van der Waals surface area contributed by atoms with E-state index < -0.39 is 5.97 Å². The zero-order valence-electron chi connectivity index (χ0n) is 12.6. The van der Waals surface area contributed by atoms with Crippen LogP contribution in [0.3, 0.4) is 0 Å². The van der Waals surface area contributed by atoms with Crippen LogP contribution in [-0.4, -0.2) is 33.5 Å². The number of aromatic nitrogens is 1. The minimum Gasteiger partial charge on any atom is -0.480 e. The third-order valence-electron chi connectivity index (χ3n) is 3.56. The number of halogens is 1. The van der Waals surface area contributed by atoms with Crippen LogP contribution in [0.25, 0.3) is 10.6 Å². The molecule has 0 aliphatic rings. The van der Waals surface area contributed by atoms with Gasteiger partial charge in [-0.05, 0) is 37.6 Å². The second kappa shape index (κ2) is 7.47. The first kappa shape index (κ1) is 16.6. The Morgan fingerprint density at radius 2 is 2.09 bits per heavy atom. The first-order valence-electron chi connectivity index (χ1n) is 7.15. The van der Waals surface area contributed by atoms with Gasteiger partial charge in [-0.1, -0.05) is 6.92 Å². The SMILES string of the molecule is CC[C@H](C)N(CC(=O)O)Cc1csc(-c2ccc(F)cc2)n1. The molecule has 0 saturated carbocycles. The molecule has 4 nitrogen and oxygen atoms in total. The number of hydrogen-bond acceptors (Lipinski definition) is 4. The molecule has 0 spiro atoms. The smallest absolute Gasteiger partial charge is 0.317 e. The molecule has 1 N–H and O–H groups in total. The molecule has 0 bridgehead atoms. The molecule has 118 valence electrons. The number of benzene rings is 1. The largest absolute Gasteiger partial charge is 0.480 e. The van der Waals surface area contributed by atoms with Crippen molar-refractivity contribution in [2.75, 3.05) is 6.54 Å². The van der Waals surface area contributed by atoms with Crippen LogP contribution in [0.15, 0.2) is 29.6 Å². The molecule has 2 aromatic rings. The molecule has 2 rings (SSSR count). The van der Waals surface area contributed by atoms with Crippen LogP contribution >= 0.6 is 11.3 Å². The highest BCUT2D eigenvalue weighted by Crippen LogP contribution is 2.24. The van der Waals surface area contributed by atoms with Gasteiger partial charge in [0.05, 0.1) is 12.2 Å². The van der Waals surface area contributed by atoms with Gasteiger partial charge in [-0.15, -0.1) is 11.3 Å². The maximum atomic E-state index is 12.9. The van der Waals surface area contributed by atoms with E-state index in [4.69, 9.17) is 5.11 Å². The standard InChI is InChI=1S/C16H19FN2O2S/c1-3-11(2)19(9-15(20)21)8-14-10-22-16(18-14)12-4-6-13(17)7-5-12/h4-7,10-11H,3,8-9H2,1-2H3,(H,20,21)/t11-/m0/s1. The van der Waals surface area contributed by atoms with Crippen molar-refractivity contribution in [1.29, 1.82) is 0 Å². The number of carboxylic acids is 1. The third kappa shape index (κ3) is 4.35. The van der Waals surface area contributed by atoms with E-state index >= 15 is 0 Å². The van der Waals surface area contributed by atoms with Crippen molar-refractivity contribution >= 4 is 17.3 Å². The number of carboxylic acid groups (broad SMARTS) is 1. The molecular weight excluding hydrogens is 303 g/mol. The molecule has 0 aliphatic heterocycles. The van der Waals surface area contributed by atoms with Crippen LogP contribution in [0.2, 0.25) is 0 Å².